The van der Waals surface area contributed by atoms with Crippen molar-refractivity contribution in [3.63, 3.8) is 0 Å². The lowest BCUT2D eigenvalue weighted by Crippen LogP contribution is -2.34. The molecule has 0 aliphatic carbocycles. The number of alkyl halides is 1. The molecule has 1 fully saturated rings. The molecule has 1 aromatic carbocycles. The van der Waals surface area contributed by atoms with Crippen LogP contribution in [0.25, 0.3) is 0 Å². The second-order valence-electron chi connectivity index (χ2n) is 3.55. The Kier molecular flexibility index (Phi) is 3.64. The molecule has 1 aromatic rings. The van der Waals surface area contributed by atoms with Crippen molar-refractivity contribution in [2.24, 2.45) is 0 Å². The van der Waals surface area contributed by atoms with Gasteiger partial charge in [-0.05, 0) is 17.7 Å². The Morgan fingerprint density at radius 2 is 2.20 bits per heavy atom. The van der Waals surface area contributed by atoms with Gasteiger partial charge in [-0.15, -0.1) is 11.6 Å². The smallest absolute Gasteiger partial charge is 0.0732 e. The molecule has 0 spiro atoms. The third-order valence-electron chi connectivity index (χ3n) is 2.53. The van der Waals surface area contributed by atoms with E-state index < -0.39 is 0 Å². The van der Waals surface area contributed by atoms with Crippen molar-refractivity contribution in [3.8, 4) is 0 Å². The molecule has 0 saturated carbocycles. The van der Waals surface area contributed by atoms with Crippen molar-refractivity contribution in [1.82, 2.24) is 10.9 Å². The van der Waals surface area contributed by atoms with Crippen LogP contribution in [0.3, 0.4) is 0 Å². The van der Waals surface area contributed by atoms with E-state index in [1.54, 1.807) is 0 Å². The number of nitrogens with one attached hydrogen (secondary N) is 2. The molecular formula is C10H12BrClN2O. The van der Waals surface area contributed by atoms with Gasteiger partial charge in [0.1, 0.15) is 0 Å². The summed E-state index contributed by atoms with van der Waals surface area (Å²) in [5, 5.41) is 8.91. The fourth-order valence-electron chi connectivity index (χ4n) is 1.70. The highest BCUT2D eigenvalue weighted by Gasteiger charge is 2.34. The lowest BCUT2D eigenvalue weighted by molar-refractivity contribution is 0.252. The first-order valence-electron chi connectivity index (χ1n) is 4.74. The van der Waals surface area contributed by atoms with Gasteiger partial charge >= 0.3 is 0 Å². The standard InChI is InChI=1S/C10H12BrClN2O/c11-7-3-1-2-6(4-7)10-9(12)8(5-15)13-14-10/h1-4,8-10,13-15H,5H2. The highest BCUT2D eigenvalue weighted by molar-refractivity contribution is 9.10. The van der Waals surface area contributed by atoms with Crippen LogP contribution in [-0.4, -0.2) is 23.1 Å². The van der Waals surface area contributed by atoms with Gasteiger partial charge in [0.05, 0.1) is 24.1 Å². The number of hydrazine groups is 1. The van der Waals surface area contributed by atoms with Crippen molar-refractivity contribution >= 4 is 27.5 Å². The summed E-state index contributed by atoms with van der Waals surface area (Å²) < 4.78 is 1.03. The number of halogens is 2. The highest BCUT2D eigenvalue weighted by Crippen LogP contribution is 2.28. The van der Waals surface area contributed by atoms with E-state index in [9.17, 15) is 0 Å². The van der Waals surface area contributed by atoms with Gasteiger partial charge in [-0.2, -0.15) is 0 Å². The minimum Gasteiger partial charge on any atom is -0.395 e. The van der Waals surface area contributed by atoms with Crippen molar-refractivity contribution in [2.75, 3.05) is 6.61 Å². The summed E-state index contributed by atoms with van der Waals surface area (Å²) in [5.74, 6) is 0. The van der Waals surface area contributed by atoms with Crippen LogP contribution >= 0.6 is 27.5 Å². The SMILES string of the molecule is OCC1NNC(c2cccc(Br)c2)C1Cl. The van der Waals surface area contributed by atoms with E-state index in [1.165, 1.54) is 0 Å². The Bertz CT molecular complexity index is 350. The molecule has 1 aliphatic rings. The first-order valence-corrected chi connectivity index (χ1v) is 5.97. The molecule has 0 bridgehead atoms. The van der Waals surface area contributed by atoms with E-state index in [4.69, 9.17) is 16.7 Å². The molecular weight excluding hydrogens is 279 g/mol. The van der Waals surface area contributed by atoms with Crippen LogP contribution in [-0.2, 0) is 0 Å². The second kappa shape index (κ2) is 4.80. The van der Waals surface area contributed by atoms with Gasteiger partial charge in [0.2, 0.25) is 0 Å². The largest absolute Gasteiger partial charge is 0.395 e. The van der Waals surface area contributed by atoms with Gasteiger partial charge < -0.3 is 5.11 Å². The first-order chi connectivity index (χ1) is 7.22. The molecule has 0 radical (unpaired) electrons. The Hall–Kier alpha value is -0.130. The van der Waals surface area contributed by atoms with E-state index in [0.29, 0.717) is 0 Å². The van der Waals surface area contributed by atoms with Gasteiger partial charge in [0.25, 0.3) is 0 Å². The van der Waals surface area contributed by atoms with E-state index >= 15 is 0 Å². The number of hydrogen-bond donors (Lipinski definition) is 3. The molecule has 1 saturated heterocycles. The van der Waals surface area contributed by atoms with Crippen LogP contribution in [0.15, 0.2) is 28.7 Å². The van der Waals surface area contributed by atoms with Gasteiger partial charge in [0, 0.05) is 4.47 Å². The fourth-order valence-corrected chi connectivity index (χ4v) is 2.47. The molecule has 15 heavy (non-hydrogen) atoms. The normalized spacial score (nSPS) is 30.7. The van der Waals surface area contributed by atoms with Gasteiger partial charge in [0.15, 0.2) is 0 Å². The van der Waals surface area contributed by atoms with Gasteiger partial charge in [-0.25, -0.2) is 5.43 Å². The topological polar surface area (TPSA) is 44.3 Å². The van der Waals surface area contributed by atoms with Crippen LogP contribution < -0.4 is 10.9 Å². The zero-order valence-electron chi connectivity index (χ0n) is 7.95. The van der Waals surface area contributed by atoms with Crippen LogP contribution in [0, 0.1) is 0 Å². The van der Waals surface area contributed by atoms with Crippen molar-refractivity contribution < 1.29 is 5.11 Å². The molecule has 82 valence electrons. The summed E-state index contributed by atoms with van der Waals surface area (Å²) in [4.78, 5) is 0. The van der Waals surface area contributed by atoms with Crippen molar-refractivity contribution in [3.05, 3.63) is 34.3 Å². The van der Waals surface area contributed by atoms with E-state index in [0.717, 1.165) is 10.0 Å². The van der Waals surface area contributed by atoms with Crippen LogP contribution in [0.5, 0.6) is 0 Å². The number of aliphatic hydroxyl groups is 1. The lowest BCUT2D eigenvalue weighted by Gasteiger charge is -2.15. The predicted molar refractivity (Wildman–Crippen MR) is 63.7 cm³/mol. The maximum absolute atomic E-state index is 9.06. The number of rotatable bonds is 2. The molecule has 5 heteroatoms. The van der Waals surface area contributed by atoms with E-state index in [-0.39, 0.29) is 24.1 Å². The van der Waals surface area contributed by atoms with Crippen LogP contribution in [0.4, 0.5) is 0 Å². The Morgan fingerprint density at radius 1 is 1.40 bits per heavy atom. The lowest BCUT2D eigenvalue weighted by atomic mass is 10.0. The highest BCUT2D eigenvalue weighted by atomic mass is 79.9. The monoisotopic (exact) mass is 290 g/mol. The fraction of sp³-hybridized carbons (Fsp3) is 0.400. The molecule has 3 N–H and O–H groups in total. The number of aliphatic hydroxyl groups excluding tert-OH is 1. The molecule has 3 unspecified atom stereocenters. The Balaban J connectivity index is 2.18. The summed E-state index contributed by atoms with van der Waals surface area (Å²) in [5.41, 5.74) is 7.17. The minimum atomic E-state index is -0.149. The summed E-state index contributed by atoms with van der Waals surface area (Å²) in [7, 11) is 0. The predicted octanol–water partition coefficient (Wildman–Crippen LogP) is 1.57. The molecule has 3 atom stereocenters. The number of benzene rings is 1. The zero-order chi connectivity index (χ0) is 10.8. The molecule has 0 aromatic heterocycles. The molecule has 2 rings (SSSR count). The average Bonchev–Trinajstić information content (AvgIpc) is 2.59. The summed E-state index contributed by atoms with van der Waals surface area (Å²) in [6, 6.07) is 7.90. The van der Waals surface area contributed by atoms with Crippen molar-refractivity contribution in [2.45, 2.75) is 17.5 Å². The van der Waals surface area contributed by atoms with Gasteiger partial charge in [-0.3, -0.25) is 5.43 Å². The average molecular weight is 292 g/mol. The second-order valence-corrected chi connectivity index (χ2v) is 4.97. The summed E-state index contributed by atoms with van der Waals surface area (Å²) in [6.45, 7) is 0.0334. The first kappa shape index (κ1) is 11.4. The third kappa shape index (κ3) is 2.34. The maximum Gasteiger partial charge on any atom is 0.0732 e. The minimum absolute atomic E-state index is 0.0290. The quantitative estimate of drug-likeness (QED) is 0.725. The zero-order valence-corrected chi connectivity index (χ0v) is 10.3. The van der Waals surface area contributed by atoms with E-state index in [1.807, 2.05) is 24.3 Å². The van der Waals surface area contributed by atoms with Crippen molar-refractivity contribution in [1.29, 1.82) is 0 Å². The van der Waals surface area contributed by atoms with Crippen LogP contribution in [0.2, 0.25) is 0 Å². The Morgan fingerprint density at radius 3 is 2.80 bits per heavy atom. The van der Waals surface area contributed by atoms with Crippen LogP contribution in [0.1, 0.15) is 11.6 Å². The maximum atomic E-state index is 9.06. The number of hydrogen-bond acceptors (Lipinski definition) is 3. The Labute approximate surface area is 102 Å². The van der Waals surface area contributed by atoms with Gasteiger partial charge in [-0.1, -0.05) is 28.1 Å². The van der Waals surface area contributed by atoms with E-state index in [2.05, 4.69) is 26.8 Å². The molecule has 0 amide bonds. The summed E-state index contributed by atoms with van der Waals surface area (Å²) >= 11 is 9.65. The molecule has 1 heterocycles. The summed E-state index contributed by atoms with van der Waals surface area (Å²) in [6.07, 6.45) is 0. The third-order valence-corrected chi connectivity index (χ3v) is 3.58. The molecule has 1 aliphatic heterocycles. The molecule has 3 nitrogen and oxygen atoms in total.